The highest BCUT2D eigenvalue weighted by Crippen LogP contribution is 2.36. The Morgan fingerprint density at radius 1 is 1.05 bits per heavy atom. The first-order valence-electron chi connectivity index (χ1n) is 5.83. The molecule has 2 aromatic carbocycles. The van der Waals surface area contributed by atoms with E-state index in [1.165, 1.54) is 0 Å². The van der Waals surface area contributed by atoms with Crippen LogP contribution in [0.5, 0.6) is 5.75 Å². The number of alkyl halides is 1. The summed E-state index contributed by atoms with van der Waals surface area (Å²) in [6.45, 7) is 0. The van der Waals surface area contributed by atoms with Crippen LogP contribution in [0, 0.1) is 0 Å². The van der Waals surface area contributed by atoms with E-state index in [0.717, 1.165) is 16.9 Å². The number of ether oxygens (including phenoxy) is 1. The van der Waals surface area contributed by atoms with Crippen molar-refractivity contribution >= 4 is 34.8 Å². The molecule has 0 radical (unpaired) electrons. The van der Waals surface area contributed by atoms with Gasteiger partial charge >= 0.3 is 0 Å². The third kappa shape index (κ3) is 3.36. The normalized spacial score (nSPS) is 12.2. The van der Waals surface area contributed by atoms with Crippen LogP contribution < -0.4 is 4.74 Å². The molecule has 100 valence electrons. The van der Waals surface area contributed by atoms with Gasteiger partial charge in [0.25, 0.3) is 0 Å². The molecule has 0 aliphatic rings. The van der Waals surface area contributed by atoms with Crippen molar-refractivity contribution in [2.24, 2.45) is 0 Å². The maximum atomic E-state index is 6.45. The van der Waals surface area contributed by atoms with Gasteiger partial charge in [0.1, 0.15) is 5.75 Å². The van der Waals surface area contributed by atoms with Crippen LogP contribution in [0.1, 0.15) is 16.5 Å². The molecular formula is C15H13Cl3O. The lowest BCUT2D eigenvalue weighted by molar-refractivity contribution is 0.409. The van der Waals surface area contributed by atoms with E-state index in [0.29, 0.717) is 16.5 Å². The van der Waals surface area contributed by atoms with E-state index in [2.05, 4.69) is 0 Å². The Hall–Kier alpha value is -0.890. The molecule has 0 amide bonds. The smallest absolute Gasteiger partial charge is 0.122 e. The molecular weight excluding hydrogens is 303 g/mol. The Morgan fingerprint density at radius 2 is 1.79 bits per heavy atom. The standard InChI is InChI=1S/C15H13Cl3O/c1-19-14-8-3-2-5-10(14)9-13(17)11-6-4-7-12(16)15(11)18/h2-8,13H,9H2,1H3. The minimum Gasteiger partial charge on any atom is -0.496 e. The second kappa shape index (κ2) is 6.51. The Balaban J connectivity index is 2.26. The van der Waals surface area contributed by atoms with Crippen LogP contribution in [0.15, 0.2) is 42.5 Å². The summed E-state index contributed by atoms with van der Waals surface area (Å²) in [6, 6.07) is 13.3. The Morgan fingerprint density at radius 3 is 2.53 bits per heavy atom. The highest BCUT2D eigenvalue weighted by atomic mass is 35.5. The fraction of sp³-hybridized carbons (Fsp3) is 0.200. The molecule has 0 saturated carbocycles. The molecule has 0 bridgehead atoms. The zero-order valence-corrected chi connectivity index (χ0v) is 12.6. The third-order valence-electron chi connectivity index (χ3n) is 2.91. The molecule has 0 saturated heterocycles. The second-order valence-corrected chi connectivity index (χ2v) is 5.44. The number of hydrogen-bond donors (Lipinski definition) is 0. The molecule has 2 rings (SSSR count). The molecule has 0 heterocycles. The highest BCUT2D eigenvalue weighted by Gasteiger charge is 2.16. The van der Waals surface area contributed by atoms with Crippen LogP contribution in [-0.2, 0) is 6.42 Å². The topological polar surface area (TPSA) is 9.23 Å². The number of methoxy groups -OCH3 is 1. The van der Waals surface area contributed by atoms with Crippen LogP contribution in [0.25, 0.3) is 0 Å². The Labute approximate surface area is 128 Å². The minimum absolute atomic E-state index is 0.248. The van der Waals surface area contributed by atoms with Crippen LogP contribution in [0.2, 0.25) is 10.0 Å². The Kier molecular flexibility index (Phi) is 4.98. The molecule has 1 atom stereocenters. The summed E-state index contributed by atoms with van der Waals surface area (Å²) in [4.78, 5) is 0. The van der Waals surface area contributed by atoms with Gasteiger partial charge in [0.05, 0.1) is 22.5 Å². The maximum Gasteiger partial charge on any atom is 0.122 e. The first-order chi connectivity index (χ1) is 9.13. The second-order valence-electron chi connectivity index (χ2n) is 4.13. The maximum absolute atomic E-state index is 6.45. The van der Waals surface area contributed by atoms with Gasteiger partial charge in [0, 0.05) is 0 Å². The molecule has 2 aromatic rings. The van der Waals surface area contributed by atoms with E-state index < -0.39 is 0 Å². The van der Waals surface area contributed by atoms with Gasteiger partial charge in [-0.3, -0.25) is 0 Å². The summed E-state index contributed by atoms with van der Waals surface area (Å²) in [7, 11) is 1.65. The number of hydrogen-bond acceptors (Lipinski definition) is 1. The van der Waals surface area contributed by atoms with Crippen molar-refractivity contribution in [1.82, 2.24) is 0 Å². The lowest BCUT2D eigenvalue weighted by atomic mass is 10.0. The highest BCUT2D eigenvalue weighted by molar-refractivity contribution is 6.43. The average molecular weight is 316 g/mol. The summed E-state index contributed by atoms with van der Waals surface area (Å²) in [5, 5.41) is 0.784. The molecule has 0 aromatic heterocycles. The van der Waals surface area contributed by atoms with Crippen molar-refractivity contribution in [2.45, 2.75) is 11.8 Å². The van der Waals surface area contributed by atoms with E-state index in [1.807, 2.05) is 36.4 Å². The molecule has 19 heavy (non-hydrogen) atoms. The largest absolute Gasteiger partial charge is 0.496 e. The van der Waals surface area contributed by atoms with Crippen LogP contribution >= 0.6 is 34.8 Å². The fourth-order valence-corrected chi connectivity index (χ4v) is 2.78. The van der Waals surface area contributed by atoms with Gasteiger partial charge in [0.15, 0.2) is 0 Å². The fourth-order valence-electron chi connectivity index (χ4n) is 1.94. The average Bonchev–Trinajstić information content (AvgIpc) is 2.42. The zero-order chi connectivity index (χ0) is 13.8. The lowest BCUT2D eigenvalue weighted by Gasteiger charge is -2.14. The predicted octanol–water partition coefficient (Wildman–Crippen LogP) is 5.52. The molecule has 1 nitrogen and oxygen atoms in total. The first kappa shape index (κ1) is 14.5. The summed E-state index contributed by atoms with van der Waals surface area (Å²) >= 11 is 18.6. The zero-order valence-electron chi connectivity index (χ0n) is 10.4. The van der Waals surface area contributed by atoms with Crippen molar-refractivity contribution in [3.05, 3.63) is 63.6 Å². The summed E-state index contributed by atoms with van der Waals surface area (Å²) in [5.74, 6) is 0.825. The minimum atomic E-state index is -0.248. The monoisotopic (exact) mass is 314 g/mol. The van der Waals surface area contributed by atoms with E-state index in [-0.39, 0.29) is 5.38 Å². The number of rotatable bonds is 4. The molecule has 0 N–H and O–H groups in total. The van der Waals surface area contributed by atoms with E-state index >= 15 is 0 Å². The summed E-state index contributed by atoms with van der Waals surface area (Å²) in [5.41, 5.74) is 1.88. The van der Waals surface area contributed by atoms with Gasteiger partial charge < -0.3 is 4.74 Å². The summed E-state index contributed by atoms with van der Waals surface area (Å²) < 4.78 is 5.32. The van der Waals surface area contributed by atoms with Gasteiger partial charge in [-0.2, -0.15) is 0 Å². The molecule has 0 fully saturated rings. The quantitative estimate of drug-likeness (QED) is 0.675. The summed E-state index contributed by atoms with van der Waals surface area (Å²) in [6.07, 6.45) is 0.631. The number of para-hydroxylation sites is 1. The van der Waals surface area contributed by atoms with Gasteiger partial charge in [-0.1, -0.05) is 53.5 Å². The van der Waals surface area contributed by atoms with Crippen LogP contribution in [-0.4, -0.2) is 7.11 Å². The van der Waals surface area contributed by atoms with E-state index in [1.54, 1.807) is 13.2 Å². The van der Waals surface area contributed by atoms with Crippen molar-refractivity contribution in [1.29, 1.82) is 0 Å². The lowest BCUT2D eigenvalue weighted by Crippen LogP contribution is -1.99. The molecule has 0 aliphatic carbocycles. The van der Waals surface area contributed by atoms with Crippen LogP contribution in [0.3, 0.4) is 0 Å². The molecule has 0 spiro atoms. The van der Waals surface area contributed by atoms with Crippen molar-refractivity contribution < 1.29 is 4.74 Å². The van der Waals surface area contributed by atoms with Gasteiger partial charge in [-0.05, 0) is 29.7 Å². The van der Waals surface area contributed by atoms with E-state index in [9.17, 15) is 0 Å². The number of benzene rings is 2. The van der Waals surface area contributed by atoms with E-state index in [4.69, 9.17) is 39.5 Å². The predicted molar refractivity (Wildman–Crippen MR) is 81.8 cm³/mol. The van der Waals surface area contributed by atoms with Crippen molar-refractivity contribution in [2.75, 3.05) is 7.11 Å². The van der Waals surface area contributed by atoms with Crippen molar-refractivity contribution in [3.8, 4) is 5.75 Å². The third-order valence-corrected chi connectivity index (χ3v) is 4.13. The first-order valence-corrected chi connectivity index (χ1v) is 7.02. The van der Waals surface area contributed by atoms with Crippen molar-refractivity contribution in [3.63, 3.8) is 0 Å². The van der Waals surface area contributed by atoms with Gasteiger partial charge in [-0.15, -0.1) is 11.6 Å². The Bertz CT molecular complexity index is 569. The number of halogens is 3. The van der Waals surface area contributed by atoms with Gasteiger partial charge in [0.2, 0.25) is 0 Å². The van der Waals surface area contributed by atoms with Crippen LogP contribution in [0.4, 0.5) is 0 Å². The SMILES string of the molecule is COc1ccccc1CC(Cl)c1cccc(Cl)c1Cl. The molecule has 0 aliphatic heterocycles. The molecule has 4 heteroatoms. The van der Waals surface area contributed by atoms with Gasteiger partial charge in [-0.25, -0.2) is 0 Å². The molecule has 1 unspecified atom stereocenters.